The molecule has 33 heavy (non-hydrogen) atoms. The molecule has 0 bridgehead atoms. The van der Waals surface area contributed by atoms with Gasteiger partial charge in [0.25, 0.3) is 5.22 Å². The first kappa shape index (κ1) is 21.1. The molecule has 3 aromatic heterocycles. The third-order valence-electron chi connectivity index (χ3n) is 5.34. The molecule has 0 aliphatic carbocycles. The Bertz CT molecular complexity index is 1370. The molecule has 0 fully saturated rings. The lowest BCUT2D eigenvalue weighted by molar-refractivity contribution is 0.465. The summed E-state index contributed by atoms with van der Waals surface area (Å²) >= 11 is 1.34. The molecule has 164 valence electrons. The maximum absolute atomic E-state index is 5.98. The maximum atomic E-state index is 5.98. The van der Waals surface area contributed by atoms with Crippen molar-refractivity contribution in [2.45, 2.75) is 24.1 Å². The molecule has 2 aromatic carbocycles. The van der Waals surface area contributed by atoms with Crippen LogP contribution in [0.1, 0.15) is 13.8 Å². The molecule has 0 aliphatic rings. The topological polar surface area (TPSA) is 80.8 Å². The van der Waals surface area contributed by atoms with Crippen LogP contribution in [0.4, 0.5) is 5.69 Å². The number of anilines is 1. The van der Waals surface area contributed by atoms with Crippen LogP contribution in [0.2, 0.25) is 0 Å². The zero-order valence-corrected chi connectivity index (χ0v) is 19.2. The fourth-order valence-corrected chi connectivity index (χ4v) is 4.39. The molecule has 7 nitrogen and oxygen atoms in total. The highest BCUT2D eigenvalue weighted by Crippen LogP contribution is 2.34. The number of rotatable bonds is 7. The minimum atomic E-state index is 0.433. The Morgan fingerprint density at radius 3 is 2.33 bits per heavy atom. The predicted molar refractivity (Wildman–Crippen MR) is 130 cm³/mol. The second kappa shape index (κ2) is 9.38. The van der Waals surface area contributed by atoms with Crippen molar-refractivity contribution in [3.8, 4) is 22.8 Å². The number of benzene rings is 2. The first-order valence-electron chi connectivity index (χ1n) is 10.8. The normalized spacial score (nSPS) is 11.1. The van der Waals surface area contributed by atoms with Crippen molar-refractivity contribution in [3.05, 3.63) is 73.1 Å². The molecule has 0 amide bonds. The van der Waals surface area contributed by atoms with Crippen molar-refractivity contribution in [2.24, 2.45) is 0 Å². The van der Waals surface area contributed by atoms with E-state index < -0.39 is 0 Å². The Morgan fingerprint density at radius 1 is 0.818 bits per heavy atom. The van der Waals surface area contributed by atoms with Crippen molar-refractivity contribution < 1.29 is 4.42 Å². The van der Waals surface area contributed by atoms with E-state index in [0.717, 1.165) is 40.1 Å². The number of nitrogens with zero attached hydrogens (tertiary/aromatic N) is 6. The average molecular weight is 455 g/mol. The lowest BCUT2D eigenvalue weighted by Crippen LogP contribution is -2.21. The van der Waals surface area contributed by atoms with Crippen molar-refractivity contribution >= 4 is 28.4 Å². The smallest absolute Gasteiger partial charge is 0.283 e. The summed E-state index contributed by atoms with van der Waals surface area (Å²) in [6.07, 6.45) is 3.47. The van der Waals surface area contributed by atoms with Crippen LogP contribution in [-0.2, 0) is 0 Å². The van der Waals surface area contributed by atoms with Gasteiger partial charge < -0.3 is 9.32 Å². The Hall–Kier alpha value is -3.78. The highest BCUT2D eigenvalue weighted by Gasteiger charge is 2.15. The number of hydrogen-bond acceptors (Lipinski definition) is 8. The molecule has 5 aromatic rings. The monoisotopic (exact) mass is 454 g/mol. The Kier molecular flexibility index (Phi) is 5.99. The minimum Gasteiger partial charge on any atom is -0.411 e. The summed E-state index contributed by atoms with van der Waals surface area (Å²) in [5, 5.41) is 10.6. The first-order valence-corrected chi connectivity index (χ1v) is 11.6. The van der Waals surface area contributed by atoms with Gasteiger partial charge >= 0.3 is 0 Å². The fourth-order valence-electron chi connectivity index (χ4n) is 3.61. The number of fused-ring (bicyclic) bond motifs is 1. The quantitative estimate of drug-likeness (QED) is 0.288. The Morgan fingerprint density at radius 2 is 1.58 bits per heavy atom. The molecule has 0 saturated heterocycles. The van der Waals surface area contributed by atoms with E-state index in [2.05, 4.69) is 46.1 Å². The number of aromatic nitrogens is 5. The predicted octanol–water partition coefficient (Wildman–Crippen LogP) is 5.74. The molecule has 0 spiro atoms. The average Bonchev–Trinajstić information content (AvgIpc) is 3.34. The molecule has 0 aliphatic heterocycles. The van der Waals surface area contributed by atoms with Crippen molar-refractivity contribution in [1.29, 1.82) is 0 Å². The van der Waals surface area contributed by atoms with Crippen LogP contribution in [0.25, 0.3) is 33.7 Å². The largest absolute Gasteiger partial charge is 0.411 e. The fraction of sp³-hybridized carbons (Fsp3) is 0.160. The molecule has 8 heteroatoms. The zero-order chi connectivity index (χ0) is 22.6. The summed E-state index contributed by atoms with van der Waals surface area (Å²) < 4.78 is 5.98. The zero-order valence-electron chi connectivity index (χ0n) is 18.3. The van der Waals surface area contributed by atoms with Crippen LogP contribution in [-0.4, -0.2) is 38.2 Å². The van der Waals surface area contributed by atoms with Gasteiger partial charge in [0.2, 0.25) is 5.89 Å². The lowest BCUT2D eigenvalue weighted by atomic mass is 10.2. The van der Waals surface area contributed by atoms with Gasteiger partial charge in [0, 0.05) is 47.7 Å². The molecule has 3 heterocycles. The summed E-state index contributed by atoms with van der Waals surface area (Å²) in [6.45, 7) is 6.23. The second-order valence-corrected chi connectivity index (χ2v) is 8.24. The van der Waals surface area contributed by atoms with Gasteiger partial charge in [-0.1, -0.05) is 18.2 Å². The molecular weight excluding hydrogens is 432 g/mol. The lowest BCUT2D eigenvalue weighted by Gasteiger charge is -2.20. The summed E-state index contributed by atoms with van der Waals surface area (Å²) in [5.74, 6) is 1.11. The Labute approximate surface area is 195 Å². The van der Waals surface area contributed by atoms with E-state index in [0.29, 0.717) is 16.9 Å². The Balaban J connectivity index is 1.45. The van der Waals surface area contributed by atoms with Crippen LogP contribution in [0.15, 0.2) is 87.7 Å². The first-order chi connectivity index (χ1) is 16.2. The highest BCUT2D eigenvalue weighted by atomic mass is 32.2. The van der Waals surface area contributed by atoms with Gasteiger partial charge in [-0.2, -0.15) is 0 Å². The molecule has 0 unspecified atom stereocenters. The van der Waals surface area contributed by atoms with E-state index >= 15 is 0 Å². The van der Waals surface area contributed by atoms with Crippen molar-refractivity contribution in [2.75, 3.05) is 18.0 Å². The van der Waals surface area contributed by atoms with Gasteiger partial charge in [-0.15, -0.1) is 10.2 Å². The van der Waals surface area contributed by atoms with E-state index in [4.69, 9.17) is 14.4 Å². The van der Waals surface area contributed by atoms with Gasteiger partial charge in [0.05, 0.1) is 5.52 Å². The van der Waals surface area contributed by atoms with E-state index in [9.17, 15) is 0 Å². The number of pyridine rings is 1. The van der Waals surface area contributed by atoms with Crippen molar-refractivity contribution in [3.63, 3.8) is 0 Å². The van der Waals surface area contributed by atoms with E-state index in [1.165, 1.54) is 17.4 Å². The molecule has 0 atom stereocenters. The van der Waals surface area contributed by atoms with Gasteiger partial charge in [-0.3, -0.25) is 4.98 Å². The summed E-state index contributed by atoms with van der Waals surface area (Å²) in [5.41, 5.74) is 3.81. The SMILES string of the molecule is CCN(CC)c1ccc(-c2nnc(Sc3nc(-c4ccncc4)nc4ccccc34)o2)cc1. The minimum absolute atomic E-state index is 0.433. The van der Waals surface area contributed by atoms with Crippen LogP contribution >= 0.6 is 11.8 Å². The van der Waals surface area contributed by atoms with E-state index in [1.54, 1.807) is 12.4 Å². The van der Waals surface area contributed by atoms with Gasteiger partial charge in [0.1, 0.15) is 5.03 Å². The van der Waals surface area contributed by atoms with Gasteiger partial charge in [0.15, 0.2) is 5.82 Å². The number of para-hydroxylation sites is 1. The molecule has 5 rings (SSSR count). The summed E-state index contributed by atoms with van der Waals surface area (Å²) in [6, 6.07) is 19.9. The van der Waals surface area contributed by atoms with Crippen LogP contribution in [0, 0.1) is 0 Å². The van der Waals surface area contributed by atoms with Crippen LogP contribution in [0.3, 0.4) is 0 Å². The second-order valence-electron chi connectivity index (χ2n) is 7.30. The van der Waals surface area contributed by atoms with Gasteiger partial charge in [-0.25, -0.2) is 9.97 Å². The third kappa shape index (κ3) is 4.42. The van der Waals surface area contributed by atoms with Crippen LogP contribution in [0.5, 0.6) is 0 Å². The maximum Gasteiger partial charge on any atom is 0.283 e. The molecule has 0 radical (unpaired) electrons. The standard InChI is InChI=1S/C25H22N6OS/c1-3-31(4-2)19-11-9-18(10-12-19)23-29-30-25(32-23)33-24-20-7-5-6-8-21(20)27-22(28-24)17-13-15-26-16-14-17/h5-16H,3-4H2,1-2H3. The highest BCUT2D eigenvalue weighted by molar-refractivity contribution is 7.99. The van der Waals surface area contributed by atoms with Gasteiger partial charge in [-0.05, 0) is 68.1 Å². The van der Waals surface area contributed by atoms with E-state index in [-0.39, 0.29) is 0 Å². The summed E-state index contributed by atoms with van der Waals surface area (Å²) in [7, 11) is 0. The van der Waals surface area contributed by atoms with Crippen LogP contribution < -0.4 is 4.90 Å². The van der Waals surface area contributed by atoms with E-state index in [1.807, 2.05) is 48.5 Å². The van der Waals surface area contributed by atoms with Crippen molar-refractivity contribution in [1.82, 2.24) is 25.1 Å². The molecule has 0 N–H and O–H groups in total. The molecule has 0 saturated carbocycles. The summed E-state index contributed by atoms with van der Waals surface area (Å²) in [4.78, 5) is 15.9. The molecular formula is C25H22N6OS. The third-order valence-corrected chi connectivity index (χ3v) is 6.18. The number of hydrogen-bond donors (Lipinski definition) is 0.